The lowest BCUT2D eigenvalue weighted by Crippen LogP contribution is -2.32. The van der Waals surface area contributed by atoms with Crippen LogP contribution in [0, 0.1) is 5.82 Å². The van der Waals surface area contributed by atoms with Crippen molar-refractivity contribution >= 4 is 11.5 Å². The number of anilines is 1. The van der Waals surface area contributed by atoms with E-state index in [4.69, 9.17) is 4.74 Å². The Kier molecular flexibility index (Phi) is 5.25. The molecule has 0 aromatic heterocycles. The van der Waals surface area contributed by atoms with Crippen molar-refractivity contribution < 1.29 is 19.0 Å². The van der Waals surface area contributed by atoms with Crippen LogP contribution < -0.4 is 4.90 Å². The lowest BCUT2D eigenvalue weighted by Gasteiger charge is -2.24. The quantitative estimate of drug-likeness (QED) is 0.782. The first-order chi connectivity index (χ1) is 8.45. The largest absolute Gasteiger partial charge is 0.389 e. The van der Waals surface area contributed by atoms with E-state index in [0.717, 1.165) is 0 Å². The second-order valence-electron chi connectivity index (χ2n) is 4.21. The molecule has 0 aliphatic rings. The molecule has 0 aliphatic heterocycles. The summed E-state index contributed by atoms with van der Waals surface area (Å²) >= 11 is 0. The predicted octanol–water partition coefficient (Wildman–Crippen LogP) is 1.47. The molecule has 0 heterocycles. The minimum atomic E-state index is -0.662. The molecule has 0 amide bonds. The number of Topliss-reactive ketones (excluding diaryl/α,β-unsaturated/α-hetero) is 1. The van der Waals surface area contributed by atoms with Crippen LogP contribution in [0.25, 0.3) is 0 Å². The fraction of sp³-hybridized carbons (Fsp3) is 0.462. The van der Waals surface area contributed by atoms with Gasteiger partial charge in [-0.05, 0) is 25.1 Å². The van der Waals surface area contributed by atoms with Crippen molar-refractivity contribution in [1.29, 1.82) is 0 Å². The van der Waals surface area contributed by atoms with Crippen LogP contribution in [-0.2, 0) is 4.74 Å². The van der Waals surface area contributed by atoms with E-state index in [1.807, 2.05) is 0 Å². The molecule has 0 saturated heterocycles. The minimum Gasteiger partial charge on any atom is -0.389 e. The average molecular weight is 255 g/mol. The van der Waals surface area contributed by atoms with E-state index < -0.39 is 11.9 Å². The van der Waals surface area contributed by atoms with Crippen LogP contribution >= 0.6 is 0 Å². The summed E-state index contributed by atoms with van der Waals surface area (Å²) in [5.41, 5.74) is 0.904. The van der Waals surface area contributed by atoms with Gasteiger partial charge in [0.2, 0.25) is 0 Å². The lowest BCUT2D eigenvalue weighted by atomic mass is 10.1. The highest BCUT2D eigenvalue weighted by Gasteiger charge is 2.15. The maximum atomic E-state index is 13.1. The molecule has 1 N–H and O–H groups in total. The first-order valence-electron chi connectivity index (χ1n) is 5.64. The van der Waals surface area contributed by atoms with Crippen molar-refractivity contribution in [2.45, 2.75) is 13.0 Å². The van der Waals surface area contributed by atoms with E-state index >= 15 is 0 Å². The molecule has 0 aliphatic carbocycles. The van der Waals surface area contributed by atoms with E-state index in [1.165, 1.54) is 32.2 Å². The van der Waals surface area contributed by atoms with Crippen molar-refractivity contribution in [3.63, 3.8) is 0 Å². The predicted molar refractivity (Wildman–Crippen MR) is 67.6 cm³/mol. The molecule has 1 rings (SSSR count). The number of aliphatic hydroxyl groups is 1. The van der Waals surface area contributed by atoms with Gasteiger partial charge < -0.3 is 14.7 Å². The van der Waals surface area contributed by atoms with Crippen LogP contribution in [0.2, 0.25) is 0 Å². The molecule has 18 heavy (non-hydrogen) atoms. The van der Waals surface area contributed by atoms with Crippen LogP contribution in [0.5, 0.6) is 0 Å². The van der Waals surface area contributed by atoms with Gasteiger partial charge in [0.05, 0.1) is 12.7 Å². The highest BCUT2D eigenvalue weighted by Crippen LogP contribution is 2.21. The zero-order valence-electron chi connectivity index (χ0n) is 10.8. The summed E-state index contributed by atoms with van der Waals surface area (Å²) in [5, 5.41) is 9.64. The van der Waals surface area contributed by atoms with Gasteiger partial charge in [0.1, 0.15) is 5.82 Å². The number of nitrogens with zero attached hydrogens (tertiary/aromatic N) is 1. The molecule has 4 nitrogen and oxygen atoms in total. The molecule has 5 heteroatoms. The van der Waals surface area contributed by atoms with Crippen LogP contribution in [0.1, 0.15) is 17.3 Å². The Labute approximate surface area is 106 Å². The van der Waals surface area contributed by atoms with Gasteiger partial charge in [-0.2, -0.15) is 0 Å². The van der Waals surface area contributed by atoms with Gasteiger partial charge in [-0.1, -0.05) is 0 Å². The van der Waals surface area contributed by atoms with Crippen LogP contribution in [0.3, 0.4) is 0 Å². The molecule has 1 unspecified atom stereocenters. The average Bonchev–Trinajstić information content (AvgIpc) is 2.28. The van der Waals surface area contributed by atoms with Crippen molar-refractivity contribution in [2.75, 3.05) is 32.2 Å². The number of aliphatic hydroxyl groups excluding tert-OH is 1. The summed E-state index contributed by atoms with van der Waals surface area (Å²) in [6.07, 6.45) is -0.662. The number of ether oxygens (including phenoxy) is 1. The summed E-state index contributed by atoms with van der Waals surface area (Å²) < 4.78 is 17.9. The topological polar surface area (TPSA) is 49.8 Å². The minimum absolute atomic E-state index is 0.209. The Balaban J connectivity index is 2.91. The number of likely N-dealkylation sites (N-methyl/N-ethyl adjacent to an activating group) is 1. The molecule has 1 aromatic carbocycles. The first-order valence-corrected chi connectivity index (χ1v) is 5.64. The normalized spacial score (nSPS) is 12.3. The number of carbonyl (C=O) groups is 1. The highest BCUT2D eigenvalue weighted by atomic mass is 19.1. The molecule has 0 radical (unpaired) electrons. The van der Waals surface area contributed by atoms with Crippen molar-refractivity contribution in [1.82, 2.24) is 0 Å². The Morgan fingerprint density at radius 2 is 2.22 bits per heavy atom. The second-order valence-corrected chi connectivity index (χ2v) is 4.21. The number of hydrogen-bond donors (Lipinski definition) is 1. The number of halogens is 1. The van der Waals surface area contributed by atoms with Gasteiger partial charge in [-0.3, -0.25) is 4.79 Å². The maximum absolute atomic E-state index is 13.1. The molecular formula is C13H18FNO3. The van der Waals surface area contributed by atoms with Gasteiger partial charge in [0.15, 0.2) is 5.78 Å². The van der Waals surface area contributed by atoms with E-state index in [2.05, 4.69) is 0 Å². The van der Waals surface area contributed by atoms with E-state index in [-0.39, 0.29) is 12.4 Å². The van der Waals surface area contributed by atoms with Crippen LogP contribution in [0.4, 0.5) is 10.1 Å². The fourth-order valence-corrected chi connectivity index (χ4v) is 1.78. The van der Waals surface area contributed by atoms with E-state index in [0.29, 0.717) is 17.8 Å². The zero-order chi connectivity index (χ0) is 13.7. The standard InChI is InChI=1S/C13H18FNO3/c1-9(16)12-6-10(14)4-5-13(12)15(2)7-11(17)8-18-3/h4-6,11,17H,7-8H2,1-3H3. The van der Waals surface area contributed by atoms with E-state index in [9.17, 15) is 14.3 Å². The number of rotatable bonds is 6. The zero-order valence-corrected chi connectivity index (χ0v) is 10.8. The lowest BCUT2D eigenvalue weighted by molar-refractivity contribution is 0.0694. The third-order valence-electron chi connectivity index (χ3n) is 2.59. The number of benzene rings is 1. The summed E-state index contributed by atoms with van der Waals surface area (Å²) in [6, 6.07) is 4.03. The molecule has 0 saturated carbocycles. The molecule has 1 atom stereocenters. The van der Waals surface area contributed by atoms with Gasteiger partial charge in [0, 0.05) is 32.0 Å². The first kappa shape index (κ1) is 14.6. The van der Waals surface area contributed by atoms with Crippen LogP contribution in [-0.4, -0.2) is 44.3 Å². The Hall–Kier alpha value is -1.46. The second kappa shape index (κ2) is 6.47. The monoisotopic (exact) mass is 255 g/mol. The Morgan fingerprint density at radius 3 is 2.78 bits per heavy atom. The number of hydrogen-bond acceptors (Lipinski definition) is 4. The van der Waals surface area contributed by atoms with Crippen molar-refractivity contribution in [3.05, 3.63) is 29.6 Å². The van der Waals surface area contributed by atoms with Gasteiger partial charge in [-0.15, -0.1) is 0 Å². The Morgan fingerprint density at radius 1 is 1.56 bits per heavy atom. The van der Waals surface area contributed by atoms with Gasteiger partial charge in [0.25, 0.3) is 0 Å². The summed E-state index contributed by atoms with van der Waals surface area (Å²) in [7, 11) is 3.24. The molecule has 1 aromatic rings. The number of ketones is 1. The van der Waals surface area contributed by atoms with Gasteiger partial charge in [-0.25, -0.2) is 4.39 Å². The third-order valence-corrected chi connectivity index (χ3v) is 2.59. The third kappa shape index (κ3) is 3.78. The SMILES string of the molecule is COCC(O)CN(C)c1ccc(F)cc1C(C)=O. The number of carbonyl (C=O) groups excluding carboxylic acids is 1. The highest BCUT2D eigenvalue weighted by molar-refractivity contribution is 5.99. The van der Waals surface area contributed by atoms with Crippen molar-refractivity contribution in [2.24, 2.45) is 0 Å². The summed E-state index contributed by atoms with van der Waals surface area (Å²) in [4.78, 5) is 13.2. The summed E-state index contributed by atoms with van der Waals surface area (Å²) in [6.45, 7) is 1.90. The van der Waals surface area contributed by atoms with Gasteiger partial charge >= 0.3 is 0 Å². The van der Waals surface area contributed by atoms with E-state index in [1.54, 1.807) is 11.9 Å². The fourth-order valence-electron chi connectivity index (χ4n) is 1.78. The smallest absolute Gasteiger partial charge is 0.161 e. The number of methoxy groups -OCH3 is 1. The van der Waals surface area contributed by atoms with Crippen molar-refractivity contribution in [3.8, 4) is 0 Å². The molecule has 0 spiro atoms. The molecule has 100 valence electrons. The van der Waals surface area contributed by atoms with Crippen LogP contribution in [0.15, 0.2) is 18.2 Å². The molecule has 0 bridgehead atoms. The maximum Gasteiger partial charge on any atom is 0.161 e. The Bertz CT molecular complexity index is 423. The molecule has 0 fully saturated rings. The molecular weight excluding hydrogens is 237 g/mol. The summed E-state index contributed by atoms with van der Waals surface area (Å²) in [5.74, 6) is -0.660.